The number of benzene rings is 1. The van der Waals surface area contributed by atoms with Gasteiger partial charge in [0.05, 0.1) is 0 Å². The van der Waals surface area contributed by atoms with Gasteiger partial charge in [-0.25, -0.2) is 18.7 Å². The molecule has 0 aliphatic rings. The Morgan fingerprint density at radius 3 is 2.56 bits per heavy atom. The van der Waals surface area contributed by atoms with Crippen molar-refractivity contribution in [2.75, 3.05) is 0 Å². The van der Waals surface area contributed by atoms with Crippen molar-refractivity contribution in [2.45, 2.75) is 11.8 Å². The maximum Gasteiger partial charge on any atom is 0.280 e. The molecule has 0 amide bonds. The van der Waals surface area contributed by atoms with Gasteiger partial charge in [0.1, 0.15) is 5.69 Å². The maximum atomic E-state index is 12.9. The molecule has 0 saturated heterocycles. The standard InChI is InChI=1S/C12H8Br2F2N2/c13-5-7-6-17-12(18-10(7)11(15)16)8-3-1-2-4-9(8)14/h1-4,6,11H,5H2. The Kier molecular flexibility index (Phi) is 4.40. The van der Waals surface area contributed by atoms with Crippen LogP contribution < -0.4 is 0 Å². The minimum atomic E-state index is -2.61. The van der Waals surface area contributed by atoms with E-state index < -0.39 is 6.43 Å². The molecule has 0 radical (unpaired) electrons. The Balaban J connectivity index is 2.54. The lowest BCUT2D eigenvalue weighted by molar-refractivity contribution is 0.145. The largest absolute Gasteiger partial charge is 0.280 e. The van der Waals surface area contributed by atoms with Gasteiger partial charge in [0.2, 0.25) is 0 Å². The fourth-order valence-corrected chi connectivity index (χ4v) is 2.38. The summed E-state index contributed by atoms with van der Waals surface area (Å²) >= 11 is 6.50. The van der Waals surface area contributed by atoms with Gasteiger partial charge in [-0.2, -0.15) is 0 Å². The van der Waals surface area contributed by atoms with Crippen molar-refractivity contribution < 1.29 is 8.78 Å². The summed E-state index contributed by atoms with van der Waals surface area (Å²) in [6.07, 6.45) is -1.18. The molecule has 1 aromatic carbocycles. The van der Waals surface area contributed by atoms with E-state index >= 15 is 0 Å². The first-order chi connectivity index (χ1) is 8.63. The van der Waals surface area contributed by atoms with Crippen LogP contribution in [0.1, 0.15) is 17.7 Å². The summed E-state index contributed by atoms with van der Waals surface area (Å²) in [5.41, 5.74) is 0.869. The lowest BCUT2D eigenvalue weighted by atomic mass is 10.2. The average Bonchev–Trinajstić information content (AvgIpc) is 2.38. The molecule has 0 aliphatic carbocycles. The molecule has 1 aromatic heterocycles. The minimum absolute atomic E-state index is 0.229. The Hall–Kier alpha value is -0.880. The fraction of sp³-hybridized carbons (Fsp3) is 0.167. The van der Waals surface area contributed by atoms with Crippen molar-refractivity contribution in [3.05, 3.63) is 46.2 Å². The number of halogens is 4. The zero-order chi connectivity index (χ0) is 13.1. The number of rotatable bonds is 3. The van der Waals surface area contributed by atoms with Crippen LogP contribution in [-0.2, 0) is 5.33 Å². The van der Waals surface area contributed by atoms with E-state index in [-0.39, 0.29) is 5.69 Å². The number of alkyl halides is 3. The van der Waals surface area contributed by atoms with E-state index in [9.17, 15) is 8.78 Å². The third kappa shape index (κ3) is 2.75. The van der Waals surface area contributed by atoms with Crippen LogP contribution in [0, 0.1) is 0 Å². The van der Waals surface area contributed by atoms with Crippen molar-refractivity contribution in [1.82, 2.24) is 9.97 Å². The molecule has 2 rings (SSSR count). The number of hydrogen-bond acceptors (Lipinski definition) is 2. The maximum absolute atomic E-state index is 12.9. The van der Waals surface area contributed by atoms with Gasteiger partial charge in [-0.3, -0.25) is 0 Å². The molecule has 0 fully saturated rings. The normalized spacial score (nSPS) is 10.9. The highest BCUT2D eigenvalue weighted by Gasteiger charge is 2.17. The molecule has 0 aliphatic heterocycles. The summed E-state index contributed by atoms with van der Waals surface area (Å²) in [5, 5.41) is 0.308. The second kappa shape index (κ2) is 5.84. The van der Waals surface area contributed by atoms with Gasteiger partial charge in [-0.05, 0) is 6.07 Å². The van der Waals surface area contributed by atoms with E-state index in [1.807, 2.05) is 18.2 Å². The fourth-order valence-electron chi connectivity index (χ4n) is 1.48. The molecule has 0 spiro atoms. The summed E-state index contributed by atoms with van der Waals surface area (Å²) in [7, 11) is 0. The highest BCUT2D eigenvalue weighted by Crippen LogP contribution is 2.28. The van der Waals surface area contributed by atoms with Crippen molar-refractivity contribution >= 4 is 31.9 Å². The Morgan fingerprint density at radius 1 is 1.22 bits per heavy atom. The summed E-state index contributed by atoms with van der Waals surface area (Å²) in [4.78, 5) is 8.07. The van der Waals surface area contributed by atoms with Crippen molar-refractivity contribution in [1.29, 1.82) is 0 Å². The summed E-state index contributed by atoms with van der Waals surface area (Å²) in [6.45, 7) is 0. The molecular formula is C12H8Br2F2N2. The Morgan fingerprint density at radius 2 is 1.94 bits per heavy atom. The summed E-state index contributed by atoms with van der Waals surface area (Å²) < 4.78 is 26.6. The first kappa shape index (κ1) is 13.5. The van der Waals surface area contributed by atoms with Crippen LogP contribution in [0.25, 0.3) is 11.4 Å². The lowest BCUT2D eigenvalue weighted by Crippen LogP contribution is -2.01. The van der Waals surface area contributed by atoms with Crippen molar-refractivity contribution in [3.8, 4) is 11.4 Å². The first-order valence-corrected chi connectivity index (χ1v) is 6.99. The van der Waals surface area contributed by atoms with Gasteiger partial charge in [-0.1, -0.05) is 50.1 Å². The van der Waals surface area contributed by atoms with Gasteiger partial charge in [0, 0.05) is 27.1 Å². The van der Waals surface area contributed by atoms with E-state index in [1.54, 1.807) is 6.07 Å². The predicted octanol–water partition coefficient (Wildman–Crippen LogP) is 4.74. The molecule has 0 saturated carbocycles. The third-order valence-corrected chi connectivity index (χ3v) is 3.66. The quantitative estimate of drug-likeness (QED) is 0.722. The van der Waals surface area contributed by atoms with Crippen LogP contribution in [0.3, 0.4) is 0 Å². The van der Waals surface area contributed by atoms with Gasteiger partial charge in [-0.15, -0.1) is 0 Å². The van der Waals surface area contributed by atoms with Gasteiger partial charge >= 0.3 is 0 Å². The molecule has 18 heavy (non-hydrogen) atoms. The number of aromatic nitrogens is 2. The highest BCUT2D eigenvalue weighted by atomic mass is 79.9. The molecule has 1 heterocycles. The molecular weight excluding hydrogens is 370 g/mol. The zero-order valence-electron chi connectivity index (χ0n) is 9.08. The van der Waals surface area contributed by atoms with E-state index in [0.717, 1.165) is 4.47 Å². The van der Waals surface area contributed by atoms with Crippen LogP contribution in [0.5, 0.6) is 0 Å². The SMILES string of the molecule is FC(F)c1nc(-c2ccccc2Br)ncc1CBr. The second-order valence-corrected chi connectivity index (χ2v) is 4.93. The lowest BCUT2D eigenvalue weighted by Gasteiger charge is -2.08. The van der Waals surface area contributed by atoms with Gasteiger partial charge < -0.3 is 0 Å². The highest BCUT2D eigenvalue weighted by molar-refractivity contribution is 9.10. The van der Waals surface area contributed by atoms with Crippen LogP contribution in [0.4, 0.5) is 8.78 Å². The smallest absolute Gasteiger partial charge is 0.236 e. The van der Waals surface area contributed by atoms with E-state index in [4.69, 9.17) is 0 Å². The van der Waals surface area contributed by atoms with E-state index in [1.165, 1.54) is 6.20 Å². The molecule has 6 heteroatoms. The van der Waals surface area contributed by atoms with E-state index in [2.05, 4.69) is 41.8 Å². The molecule has 94 valence electrons. The first-order valence-electron chi connectivity index (χ1n) is 5.08. The minimum Gasteiger partial charge on any atom is -0.236 e. The molecule has 0 bridgehead atoms. The molecule has 0 N–H and O–H groups in total. The van der Waals surface area contributed by atoms with Crippen molar-refractivity contribution in [2.24, 2.45) is 0 Å². The van der Waals surface area contributed by atoms with Crippen LogP contribution in [-0.4, -0.2) is 9.97 Å². The third-order valence-electron chi connectivity index (χ3n) is 2.36. The number of hydrogen-bond donors (Lipinski definition) is 0. The molecule has 0 unspecified atom stereocenters. The topological polar surface area (TPSA) is 25.8 Å². The van der Waals surface area contributed by atoms with E-state index in [0.29, 0.717) is 22.3 Å². The zero-order valence-corrected chi connectivity index (χ0v) is 12.2. The van der Waals surface area contributed by atoms with Crippen LogP contribution in [0.15, 0.2) is 34.9 Å². The average molecular weight is 378 g/mol. The molecule has 0 atom stereocenters. The van der Waals surface area contributed by atoms with Gasteiger partial charge in [0.25, 0.3) is 6.43 Å². The Bertz CT molecular complexity index is 562. The van der Waals surface area contributed by atoms with Crippen LogP contribution >= 0.6 is 31.9 Å². The molecule has 2 nitrogen and oxygen atoms in total. The second-order valence-electron chi connectivity index (χ2n) is 3.52. The van der Waals surface area contributed by atoms with Gasteiger partial charge in [0.15, 0.2) is 5.82 Å². The Labute approximate surface area is 120 Å². The van der Waals surface area contributed by atoms with Crippen molar-refractivity contribution in [3.63, 3.8) is 0 Å². The monoisotopic (exact) mass is 376 g/mol. The summed E-state index contributed by atoms with van der Waals surface area (Å²) in [6, 6.07) is 7.25. The summed E-state index contributed by atoms with van der Waals surface area (Å²) in [5.74, 6) is 0.294. The van der Waals surface area contributed by atoms with Crippen LogP contribution in [0.2, 0.25) is 0 Å². The molecule has 2 aromatic rings. The predicted molar refractivity (Wildman–Crippen MR) is 72.8 cm³/mol. The number of nitrogens with zero attached hydrogens (tertiary/aromatic N) is 2.